The van der Waals surface area contributed by atoms with Gasteiger partial charge in [-0.2, -0.15) is 0 Å². The Morgan fingerprint density at radius 2 is 0.750 bits per heavy atom. The summed E-state index contributed by atoms with van der Waals surface area (Å²) in [6.45, 7) is 0. The lowest BCUT2D eigenvalue weighted by Crippen LogP contribution is -2.38. The zero-order valence-electron chi connectivity index (χ0n) is 8.67. The standard InChI is InChI=1S/C14H10N2/c1-3-11-7-9-13-5-2-6-14-10-8-12(4-1)15(11)16(13)14/h1-10H. The van der Waals surface area contributed by atoms with E-state index in [-0.39, 0.29) is 0 Å². The van der Waals surface area contributed by atoms with Gasteiger partial charge in [0.1, 0.15) is 0 Å². The maximum Gasteiger partial charge on any atom is 0.0637 e. The summed E-state index contributed by atoms with van der Waals surface area (Å²) in [6.07, 6.45) is 0. The van der Waals surface area contributed by atoms with Gasteiger partial charge in [-0.3, -0.25) is 0 Å². The SMILES string of the molecule is c1cc2ccc3cccc4ccc(c1)N2N34. The molecule has 0 aromatic heterocycles. The third kappa shape index (κ3) is 0.865. The number of hydrazine groups is 1. The lowest BCUT2D eigenvalue weighted by atomic mass is 10.1. The van der Waals surface area contributed by atoms with Gasteiger partial charge in [-0.25, -0.2) is 10.0 Å². The van der Waals surface area contributed by atoms with Gasteiger partial charge in [-0.05, 0) is 48.5 Å². The van der Waals surface area contributed by atoms with Gasteiger partial charge in [-0.15, -0.1) is 0 Å². The molecule has 0 radical (unpaired) electrons. The second-order valence-corrected chi connectivity index (χ2v) is 4.04. The Hall–Kier alpha value is -2.22. The van der Waals surface area contributed by atoms with Crippen LogP contribution in [0.15, 0.2) is 60.7 Å². The summed E-state index contributed by atoms with van der Waals surface area (Å²) in [6, 6.07) is 21.3. The van der Waals surface area contributed by atoms with Gasteiger partial charge >= 0.3 is 0 Å². The quantitative estimate of drug-likeness (QED) is 0.637. The van der Waals surface area contributed by atoms with Gasteiger partial charge < -0.3 is 0 Å². The summed E-state index contributed by atoms with van der Waals surface area (Å²) in [5.74, 6) is 0. The highest BCUT2D eigenvalue weighted by Crippen LogP contribution is 2.42. The zero-order chi connectivity index (χ0) is 10.5. The Kier molecular flexibility index (Phi) is 1.33. The molecule has 0 amide bonds. The average Bonchev–Trinajstić information content (AvgIpc) is 2.36. The first-order valence-electron chi connectivity index (χ1n) is 5.40. The maximum atomic E-state index is 2.24. The highest BCUT2D eigenvalue weighted by molar-refractivity contribution is 5.83. The largest absolute Gasteiger partial charge is 0.249 e. The molecule has 0 saturated carbocycles. The first kappa shape index (κ1) is 7.99. The van der Waals surface area contributed by atoms with Crippen LogP contribution in [0.3, 0.4) is 0 Å². The van der Waals surface area contributed by atoms with Crippen molar-refractivity contribution in [2.24, 2.45) is 0 Å². The lowest BCUT2D eigenvalue weighted by Gasteiger charge is -2.42. The minimum atomic E-state index is 1.21. The van der Waals surface area contributed by atoms with Crippen molar-refractivity contribution in [3.05, 3.63) is 60.7 Å². The monoisotopic (exact) mass is 206 g/mol. The van der Waals surface area contributed by atoms with Crippen molar-refractivity contribution in [1.82, 2.24) is 0 Å². The normalized spacial score (nSPS) is 14.0. The first-order chi connectivity index (χ1) is 7.93. The molecule has 76 valence electrons. The average molecular weight is 206 g/mol. The second-order valence-electron chi connectivity index (χ2n) is 4.04. The van der Waals surface area contributed by atoms with E-state index in [0.29, 0.717) is 0 Å². The summed E-state index contributed by atoms with van der Waals surface area (Å²) < 4.78 is 0. The molecule has 4 rings (SSSR count). The summed E-state index contributed by atoms with van der Waals surface area (Å²) in [4.78, 5) is 0. The maximum absolute atomic E-state index is 2.24. The van der Waals surface area contributed by atoms with Crippen LogP contribution in [0, 0.1) is 0 Å². The van der Waals surface area contributed by atoms with Crippen LogP contribution in [0.2, 0.25) is 0 Å². The van der Waals surface area contributed by atoms with Crippen LogP contribution in [0.5, 0.6) is 0 Å². The molecule has 0 fully saturated rings. The molecule has 0 N–H and O–H groups in total. The molecule has 0 saturated heterocycles. The topological polar surface area (TPSA) is 6.48 Å². The summed E-state index contributed by atoms with van der Waals surface area (Å²) in [5.41, 5.74) is 4.86. The molecule has 0 aliphatic carbocycles. The predicted octanol–water partition coefficient (Wildman–Crippen LogP) is 3.77. The van der Waals surface area contributed by atoms with E-state index in [4.69, 9.17) is 0 Å². The van der Waals surface area contributed by atoms with E-state index in [1.165, 1.54) is 22.7 Å². The Morgan fingerprint density at radius 1 is 0.438 bits per heavy atom. The zero-order valence-corrected chi connectivity index (χ0v) is 8.67. The summed E-state index contributed by atoms with van der Waals surface area (Å²) >= 11 is 0. The number of rotatable bonds is 0. The molecule has 0 aromatic carbocycles. The van der Waals surface area contributed by atoms with E-state index in [0.717, 1.165) is 0 Å². The van der Waals surface area contributed by atoms with E-state index < -0.39 is 0 Å². The number of nitrogens with zero attached hydrogens (tertiary/aromatic N) is 2. The molecule has 0 spiro atoms. The van der Waals surface area contributed by atoms with E-state index >= 15 is 0 Å². The number of hydrogen-bond acceptors (Lipinski definition) is 2. The predicted molar refractivity (Wildman–Crippen MR) is 66.0 cm³/mol. The third-order valence-electron chi connectivity index (χ3n) is 3.10. The molecule has 2 heteroatoms. The lowest BCUT2D eigenvalue weighted by molar-refractivity contribution is 0.959. The van der Waals surface area contributed by atoms with Crippen LogP contribution in [-0.4, -0.2) is 0 Å². The Bertz CT molecular complexity index is 502. The summed E-state index contributed by atoms with van der Waals surface area (Å²) in [5, 5.41) is 4.48. The molecule has 0 atom stereocenters. The highest BCUT2D eigenvalue weighted by atomic mass is 15.6. The fourth-order valence-corrected chi connectivity index (χ4v) is 2.38. The Balaban J connectivity index is 2.17. The first-order valence-corrected chi connectivity index (χ1v) is 5.40. The minimum absolute atomic E-state index is 1.21. The molecule has 2 nitrogen and oxygen atoms in total. The van der Waals surface area contributed by atoms with E-state index in [1.807, 2.05) is 0 Å². The number of anilines is 4. The molecule has 0 unspecified atom stereocenters. The van der Waals surface area contributed by atoms with Gasteiger partial charge in [0, 0.05) is 0 Å². The Labute approximate surface area is 94.0 Å². The van der Waals surface area contributed by atoms with Crippen molar-refractivity contribution in [2.75, 3.05) is 10.0 Å². The molecule has 4 aliphatic rings. The van der Waals surface area contributed by atoms with Gasteiger partial charge in [0.05, 0.1) is 22.7 Å². The van der Waals surface area contributed by atoms with Crippen LogP contribution < -0.4 is 10.0 Å². The highest BCUT2D eigenvalue weighted by Gasteiger charge is 2.26. The van der Waals surface area contributed by atoms with Crippen LogP contribution in [0.25, 0.3) is 0 Å². The Morgan fingerprint density at radius 3 is 1.06 bits per heavy atom. The van der Waals surface area contributed by atoms with Crippen LogP contribution in [-0.2, 0) is 0 Å². The third-order valence-corrected chi connectivity index (χ3v) is 3.10. The van der Waals surface area contributed by atoms with E-state index in [1.54, 1.807) is 0 Å². The van der Waals surface area contributed by atoms with Crippen molar-refractivity contribution in [1.29, 1.82) is 0 Å². The molecule has 16 heavy (non-hydrogen) atoms. The molecule has 4 heterocycles. The van der Waals surface area contributed by atoms with Crippen LogP contribution in [0.1, 0.15) is 0 Å². The van der Waals surface area contributed by atoms with Gasteiger partial charge in [0.25, 0.3) is 0 Å². The summed E-state index contributed by atoms with van der Waals surface area (Å²) in [7, 11) is 0. The van der Waals surface area contributed by atoms with E-state index in [9.17, 15) is 0 Å². The smallest absolute Gasteiger partial charge is 0.0637 e. The second kappa shape index (κ2) is 2.67. The molecule has 0 aromatic rings. The van der Waals surface area contributed by atoms with Crippen LogP contribution >= 0.6 is 0 Å². The van der Waals surface area contributed by atoms with Crippen molar-refractivity contribution in [2.45, 2.75) is 0 Å². The van der Waals surface area contributed by atoms with Crippen molar-refractivity contribution < 1.29 is 0 Å². The fourth-order valence-electron chi connectivity index (χ4n) is 2.38. The van der Waals surface area contributed by atoms with Crippen molar-refractivity contribution in [3.63, 3.8) is 0 Å². The van der Waals surface area contributed by atoms with Gasteiger partial charge in [-0.1, -0.05) is 12.1 Å². The van der Waals surface area contributed by atoms with Gasteiger partial charge in [0.15, 0.2) is 0 Å². The fraction of sp³-hybridized carbons (Fsp3) is 0. The molecule has 0 bridgehead atoms. The molecular formula is C14H10N2. The minimum Gasteiger partial charge on any atom is -0.249 e. The number of hydrogen-bond donors (Lipinski definition) is 0. The van der Waals surface area contributed by atoms with Crippen LogP contribution in [0.4, 0.5) is 22.7 Å². The van der Waals surface area contributed by atoms with Crippen molar-refractivity contribution >= 4 is 22.7 Å². The van der Waals surface area contributed by atoms with Gasteiger partial charge in [0.2, 0.25) is 0 Å². The molecular weight excluding hydrogens is 196 g/mol. The van der Waals surface area contributed by atoms with Crippen molar-refractivity contribution in [3.8, 4) is 0 Å². The molecule has 4 aliphatic heterocycles. The van der Waals surface area contributed by atoms with E-state index in [2.05, 4.69) is 70.7 Å².